The van der Waals surface area contributed by atoms with Gasteiger partial charge in [-0.15, -0.1) is 0 Å². The van der Waals surface area contributed by atoms with Gasteiger partial charge in [0.2, 0.25) is 0 Å². The van der Waals surface area contributed by atoms with Gasteiger partial charge in [0.25, 0.3) is 10.0 Å². The summed E-state index contributed by atoms with van der Waals surface area (Å²) < 4.78 is 28.2. The first kappa shape index (κ1) is 22.7. The van der Waals surface area contributed by atoms with Crippen molar-refractivity contribution in [1.82, 2.24) is 4.98 Å². The van der Waals surface area contributed by atoms with Crippen LogP contribution in [0.4, 0.5) is 5.69 Å². The van der Waals surface area contributed by atoms with Crippen LogP contribution in [-0.4, -0.2) is 31.8 Å². The largest absolute Gasteiger partial charge is 0.326 e. The van der Waals surface area contributed by atoms with Gasteiger partial charge in [-0.25, -0.2) is 8.42 Å². The number of nitrogens with two attached hydrogens (primary N) is 1. The second kappa shape index (κ2) is 8.83. The van der Waals surface area contributed by atoms with Gasteiger partial charge in [0.15, 0.2) is 5.78 Å². The Labute approximate surface area is 197 Å². The zero-order chi connectivity index (χ0) is 23.0. The normalized spacial score (nSPS) is 16.0. The van der Waals surface area contributed by atoms with E-state index in [9.17, 15) is 13.2 Å². The zero-order valence-electron chi connectivity index (χ0n) is 17.3. The van der Waals surface area contributed by atoms with E-state index in [1.807, 2.05) is 13.0 Å². The third kappa shape index (κ3) is 4.38. The number of aryl methyl sites for hydroxylation is 1. The van der Waals surface area contributed by atoms with E-state index >= 15 is 0 Å². The van der Waals surface area contributed by atoms with E-state index in [1.165, 1.54) is 4.31 Å². The standard InChI is InChI=1S/C23H21Cl2N3O3S/c1-14-4-2-5-17(8-14)32(30,31)28-13-16(26)11-20-21(28)9-15(12-27-20)10-22(29)23-18(24)6-3-7-19(23)25/h2-9,12,16H,10-11,13,26H2,1H3/t16-/m1/s1. The minimum atomic E-state index is -3.86. The molecule has 0 bridgehead atoms. The Bertz CT molecular complexity index is 1290. The summed E-state index contributed by atoms with van der Waals surface area (Å²) >= 11 is 12.3. The number of hydrogen-bond donors (Lipinski definition) is 1. The number of sulfonamides is 1. The number of hydrogen-bond acceptors (Lipinski definition) is 5. The molecule has 9 heteroatoms. The van der Waals surface area contributed by atoms with Crippen molar-refractivity contribution in [2.24, 2.45) is 5.73 Å². The number of pyridine rings is 1. The second-order valence-electron chi connectivity index (χ2n) is 7.82. The van der Waals surface area contributed by atoms with Crippen LogP contribution in [0.1, 0.15) is 27.2 Å². The molecule has 0 unspecified atom stereocenters. The molecule has 1 aliphatic heterocycles. The van der Waals surface area contributed by atoms with Crippen molar-refractivity contribution in [2.45, 2.75) is 30.7 Å². The number of aromatic nitrogens is 1. The summed E-state index contributed by atoms with van der Waals surface area (Å²) in [5.74, 6) is -0.275. The molecule has 0 fully saturated rings. The van der Waals surface area contributed by atoms with E-state index in [1.54, 1.807) is 48.7 Å². The third-order valence-electron chi connectivity index (χ3n) is 5.31. The van der Waals surface area contributed by atoms with Gasteiger partial charge in [0, 0.05) is 31.6 Å². The molecular formula is C23H21Cl2N3O3S. The molecule has 0 radical (unpaired) electrons. The lowest BCUT2D eigenvalue weighted by Crippen LogP contribution is -2.46. The van der Waals surface area contributed by atoms with Crippen LogP contribution in [0.25, 0.3) is 0 Å². The smallest absolute Gasteiger partial charge is 0.264 e. The van der Waals surface area contributed by atoms with Gasteiger partial charge >= 0.3 is 0 Å². The Balaban J connectivity index is 1.72. The molecule has 0 aliphatic carbocycles. The molecule has 2 N–H and O–H groups in total. The molecule has 1 aliphatic rings. The summed E-state index contributed by atoms with van der Waals surface area (Å²) in [6, 6.07) is 12.9. The monoisotopic (exact) mass is 489 g/mol. The van der Waals surface area contributed by atoms with Crippen LogP contribution in [0.15, 0.2) is 59.6 Å². The number of ketones is 1. The molecule has 1 atom stereocenters. The number of benzene rings is 2. The minimum absolute atomic E-state index is 0.0197. The first-order chi connectivity index (χ1) is 15.2. The van der Waals surface area contributed by atoms with Crippen LogP contribution in [0.2, 0.25) is 10.0 Å². The van der Waals surface area contributed by atoms with Gasteiger partial charge < -0.3 is 5.73 Å². The highest BCUT2D eigenvalue weighted by molar-refractivity contribution is 7.92. The van der Waals surface area contributed by atoms with E-state index in [2.05, 4.69) is 4.98 Å². The quantitative estimate of drug-likeness (QED) is 0.541. The third-order valence-corrected chi connectivity index (χ3v) is 7.72. The number of carbonyl (C=O) groups excluding carboxylic acids is 1. The van der Waals surface area contributed by atoms with Gasteiger partial charge in [-0.2, -0.15) is 0 Å². The SMILES string of the molecule is Cc1cccc(S(=O)(=O)N2C[C@H](N)Cc3ncc(CC(=O)c4c(Cl)cccc4Cl)cc32)c1. The number of carbonyl (C=O) groups is 1. The lowest BCUT2D eigenvalue weighted by molar-refractivity contribution is 0.0993. The molecular weight excluding hydrogens is 469 g/mol. The highest BCUT2D eigenvalue weighted by atomic mass is 35.5. The zero-order valence-corrected chi connectivity index (χ0v) is 19.6. The summed E-state index contributed by atoms with van der Waals surface area (Å²) in [6.45, 7) is 1.96. The number of Topliss-reactive ketones (excluding diaryl/α,β-unsaturated/α-hetero) is 1. The van der Waals surface area contributed by atoms with E-state index in [0.717, 1.165) is 5.56 Å². The number of nitrogens with zero attached hydrogens (tertiary/aromatic N) is 2. The Morgan fingerprint density at radius 2 is 1.84 bits per heavy atom. The van der Waals surface area contributed by atoms with Gasteiger partial charge in [-0.3, -0.25) is 14.1 Å². The maximum absolute atomic E-state index is 13.4. The molecule has 0 amide bonds. The molecule has 2 heterocycles. The number of fused-ring (bicyclic) bond motifs is 1. The highest BCUT2D eigenvalue weighted by Gasteiger charge is 2.33. The Kier molecular flexibility index (Phi) is 6.27. The lowest BCUT2D eigenvalue weighted by Gasteiger charge is -2.33. The second-order valence-corrected chi connectivity index (χ2v) is 10.5. The van der Waals surface area contributed by atoms with Crippen molar-refractivity contribution in [1.29, 1.82) is 0 Å². The van der Waals surface area contributed by atoms with E-state index in [4.69, 9.17) is 28.9 Å². The van der Waals surface area contributed by atoms with Crippen molar-refractivity contribution in [2.75, 3.05) is 10.8 Å². The van der Waals surface area contributed by atoms with Crippen molar-refractivity contribution >= 4 is 44.7 Å². The molecule has 4 rings (SSSR count). The van der Waals surface area contributed by atoms with Crippen LogP contribution in [0.3, 0.4) is 0 Å². The number of anilines is 1. The molecule has 0 saturated carbocycles. The molecule has 166 valence electrons. The van der Waals surface area contributed by atoms with Crippen LogP contribution in [0.5, 0.6) is 0 Å². The topological polar surface area (TPSA) is 93.4 Å². The first-order valence-electron chi connectivity index (χ1n) is 9.97. The van der Waals surface area contributed by atoms with Crippen molar-refractivity contribution < 1.29 is 13.2 Å². The average Bonchev–Trinajstić information content (AvgIpc) is 2.73. The summed E-state index contributed by atoms with van der Waals surface area (Å²) in [5, 5.41) is 0.533. The summed E-state index contributed by atoms with van der Waals surface area (Å²) in [6.07, 6.45) is 1.99. The Hall–Kier alpha value is -2.45. The fourth-order valence-electron chi connectivity index (χ4n) is 3.79. The van der Waals surface area contributed by atoms with Crippen LogP contribution in [0, 0.1) is 6.92 Å². The lowest BCUT2D eigenvalue weighted by atomic mass is 10.0. The minimum Gasteiger partial charge on any atom is -0.326 e. The van der Waals surface area contributed by atoms with Crippen molar-refractivity contribution in [3.63, 3.8) is 0 Å². The Morgan fingerprint density at radius 3 is 2.53 bits per heavy atom. The maximum Gasteiger partial charge on any atom is 0.264 e. The average molecular weight is 490 g/mol. The number of halogens is 2. The summed E-state index contributed by atoms with van der Waals surface area (Å²) in [5.41, 5.74) is 8.78. The van der Waals surface area contributed by atoms with Crippen molar-refractivity contribution in [3.05, 3.63) is 87.2 Å². The molecule has 0 spiro atoms. The van der Waals surface area contributed by atoms with Crippen LogP contribution in [-0.2, 0) is 22.9 Å². The molecule has 2 aromatic carbocycles. The van der Waals surface area contributed by atoms with E-state index < -0.39 is 10.0 Å². The fraction of sp³-hybridized carbons (Fsp3) is 0.217. The molecule has 0 saturated heterocycles. The van der Waals surface area contributed by atoms with Gasteiger partial charge in [-0.1, -0.05) is 41.4 Å². The summed E-state index contributed by atoms with van der Waals surface area (Å²) in [7, 11) is -3.86. The van der Waals surface area contributed by atoms with Gasteiger partial charge in [-0.05, 0) is 48.4 Å². The predicted molar refractivity (Wildman–Crippen MR) is 126 cm³/mol. The van der Waals surface area contributed by atoms with Gasteiger partial charge in [0.05, 0.1) is 31.9 Å². The molecule has 32 heavy (non-hydrogen) atoms. The Morgan fingerprint density at radius 1 is 1.16 bits per heavy atom. The van der Waals surface area contributed by atoms with Crippen LogP contribution >= 0.6 is 23.2 Å². The van der Waals surface area contributed by atoms with E-state index in [0.29, 0.717) is 23.4 Å². The predicted octanol–water partition coefficient (Wildman–Crippen LogP) is 4.20. The van der Waals surface area contributed by atoms with E-state index in [-0.39, 0.29) is 45.3 Å². The van der Waals surface area contributed by atoms with Gasteiger partial charge in [0.1, 0.15) is 0 Å². The molecule has 1 aromatic heterocycles. The van der Waals surface area contributed by atoms with Crippen molar-refractivity contribution in [3.8, 4) is 0 Å². The van der Waals surface area contributed by atoms with Crippen LogP contribution < -0.4 is 10.0 Å². The number of rotatable bonds is 5. The fourth-order valence-corrected chi connectivity index (χ4v) is 6.04. The summed E-state index contributed by atoms with van der Waals surface area (Å²) in [4.78, 5) is 17.5. The highest BCUT2D eigenvalue weighted by Crippen LogP contribution is 2.32. The molecule has 6 nitrogen and oxygen atoms in total. The molecule has 3 aromatic rings. The maximum atomic E-state index is 13.4. The first-order valence-corrected chi connectivity index (χ1v) is 12.2.